The maximum absolute atomic E-state index is 12.7. The second-order valence-corrected chi connectivity index (χ2v) is 8.32. The standard InChI is InChI=1S/C19H22N2O4S/c22-17-9-7-15(8-10-17)13-19(23)20-16-5-4-6-18(14-16)26(24,25)21-11-2-1-3-12-21/h4-10,14,22H,1-3,11-13H2,(H,20,23). The summed E-state index contributed by atoms with van der Waals surface area (Å²) in [6, 6.07) is 12.7. The highest BCUT2D eigenvalue weighted by Gasteiger charge is 2.26. The van der Waals surface area contributed by atoms with Crippen LogP contribution in [0, 0.1) is 0 Å². The molecule has 1 aliphatic rings. The highest BCUT2D eigenvalue weighted by Crippen LogP contribution is 2.23. The number of piperidine rings is 1. The number of rotatable bonds is 5. The number of anilines is 1. The topological polar surface area (TPSA) is 86.7 Å². The SMILES string of the molecule is O=C(Cc1ccc(O)cc1)Nc1cccc(S(=O)(=O)N2CCCCC2)c1. The van der Waals surface area contributed by atoms with E-state index in [0.717, 1.165) is 24.8 Å². The van der Waals surface area contributed by atoms with Crippen LogP contribution in [0.25, 0.3) is 0 Å². The van der Waals surface area contributed by atoms with E-state index in [2.05, 4.69) is 5.32 Å². The Hall–Kier alpha value is -2.38. The van der Waals surface area contributed by atoms with Crippen molar-refractivity contribution in [3.8, 4) is 5.75 Å². The van der Waals surface area contributed by atoms with E-state index in [1.807, 2.05) is 0 Å². The Morgan fingerprint density at radius 1 is 1.04 bits per heavy atom. The highest BCUT2D eigenvalue weighted by molar-refractivity contribution is 7.89. The van der Waals surface area contributed by atoms with Crippen LogP contribution in [0.15, 0.2) is 53.4 Å². The summed E-state index contributed by atoms with van der Waals surface area (Å²) in [5, 5.41) is 12.0. The lowest BCUT2D eigenvalue weighted by Gasteiger charge is -2.26. The van der Waals surface area contributed by atoms with Crippen molar-refractivity contribution < 1.29 is 18.3 Å². The maximum atomic E-state index is 12.7. The van der Waals surface area contributed by atoms with Crippen molar-refractivity contribution in [2.24, 2.45) is 0 Å². The van der Waals surface area contributed by atoms with Gasteiger partial charge in [0.25, 0.3) is 0 Å². The van der Waals surface area contributed by atoms with E-state index in [-0.39, 0.29) is 23.0 Å². The van der Waals surface area contributed by atoms with Crippen molar-refractivity contribution in [1.29, 1.82) is 0 Å². The summed E-state index contributed by atoms with van der Waals surface area (Å²) in [5.74, 6) is -0.104. The summed E-state index contributed by atoms with van der Waals surface area (Å²) in [7, 11) is -3.53. The minimum Gasteiger partial charge on any atom is -0.508 e. The molecule has 0 aromatic heterocycles. The zero-order valence-corrected chi connectivity index (χ0v) is 15.2. The van der Waals surface area contributed by atoms with Gasteiger partial charge in [-0.2, -0.15) is 4.31 Å². The van der Waals surface area contributed by atoms with E-state index in [4.69, 9.17) is 0 Å². The number of hydrogen-bond donors (Lipinski definition) is 2. The first-order chi connectivity index (χ1) is 12.4. The minimum atomic E-state index is -3.53. The van der Waals surface area contributed by atoms with Gasteiger partial charge in [0, 0.05) is 18.8 Å². The number of hydrogen-bond acceptors (Lipinski definition) is 4. The molecule has 0 saturated carbocycles. The molecule has 1 fully saturated rings. The van der Waals surface area contributed by atoms with Gasteiger partial charge in [0.15, 0.2) is 0 Å². The first-order valence-electron chi connectivity index (χ1n) is 8.63. The molecule has 26 heavy (non-hydrogen) atoms. The largest absolute Gasteiger partial charge is 0.508 e. The quantitative estimate of drug-likeness (QED) is 0.842. The number of sulfonamides is 1. The van der Waals surface area contributed by atoms with Crippen molar-refractivity contribution in [1.82, 2.24) is 4.31 Å². The molecule has 7 heteroatoms. The highest BCUT2D eigenvalue weighted by atomic mass is 32.2. The van der Waals surface area contributed by atoms with Crippen molar-refractivity contribution >= 4 is 21.6 Å². The predicted octanol–water partition coefficient (Wildman–Crippen LogP) is 2.75. The van der Waals surface area contributed by atoms with Crippen LogP contribution in [0.4, 0.5) is 5.69 Å². The zero-order chi connectivity index (χ0) is 18.6. The Morgan fingerprint density at radius 3 is 2.42 bits per heavy atom. The van der Waals surface area contributed by atoms with E-state index >= 15 is 0 Å². The fourth-order valence-electron chi connectivity index (χ4n) is 2.99. The van der Waals surface area contributed by atoms with E-state index in [1.165, 1.54) is 22.5 Å². The molecule has 0 aliphatic carbocycles. The van der Waals surface area contributed by atoms with Gasteiger partial charge in [-0.05, 0) is 48.7 Å². The smallest absolute Gasteiger partial charge is 0.243 e. The molecule has 0 radical (unpaired) electrons. The lowest BCUT2D eigenvalue weighted by Crippen LogP contribution is -2.35. The molecule has 0 atom stereocenters. The molecular formula is C19H22N2O4S. The van der Waals surface area contributed by atoms with Crippen LogP contribution >= 0.6 is 0 Å². The number of benzene rings is 2. The Bertz CT molecular complexity index is 873. The average molecular weight is 374 g/mol. The Balaban J connectivity index is 1.70. The van der Waals surface area contributed by atoms with Gasteiger partial charge in [-0.3, -0.25) is 4.79 Å². The summed E-state index contributed by atoms with van der Waals surface area (Å²) >= 11 is 0. The summed E-state index contributed by atoms with van der Waals surface area (Å²) < 4.78 is 27.0. The molecule has 2 aromatic carbocycles. The minimum absolute atomic E-state index is 0.142. The van der Waals surface area contributed by atoms with Gasteiger partial charge in [0.05, 0.1) is 11.3 Å². The number of aromatic hydroxyl groups is 1. The first kappa shape index (κ1) is 18.4. The van der Waals surface area contributed by atoms with Gasteiger partial charge in [0.2, 0.25) is 15.9 Å². The fraction of sp³-hybridized carbons (Fsp3) is 0.316. The second-order valence-electron chi connectivity index (χ2n) is 6.38. The van der Waals surface area contributed by atoms with Crippen LogP contribution in [-0.2, 0) is 21.2 Å². The zero-order valence-electron chi connectivity index (χ0n) is 14.4. The molecule has 2 N–H and O–H groups in total. The summed E-state index contributed by atoms with van der Waals surface area (Å²) in [4.78, 5) is 12.4. The number of nitrogens with zero attached hydrogens (tertiary/aromatic N) is 1. The van der Waals surface area contributed by atoms with Gasteiger partial charge in [-0.25, -0.2) is 8.42 Å². The predicted molar refractivity (Wildman–Crippen MR) is 99.5 cm³/mol. The normalized spacial score (nSPS) is 15.5. The van der Waals surface area contributed by atoms with Gasteiger partial charge in [-0.15, -0.1) is 0 Å². The molecular weight excluding hydrogens is 352 g/mol. The number of nitrogens with one attached hydrogen (secondary N) is 1. The van der Waals surface area contributed by atoms with Crippen LogP contribution in [0.5, 0.6) is 5.75 Å². The van der Waals surface area contributed by atoms with Gasteiger partial charge in [0.1, 0.15) is 5.75 Å². The number of phenolic OH excluding ortho intramolecular Hbond substituents is 1. The molecule has 3 rings (SSSR count). The number of carbonyl (C=O) groups is 1. The van der Waals surface area contributed by atoms with E-state index in [0.29, 0.717) is 18.8 Å². The Morgan fingerprint density at radius 2 is 1.73 bits per heavy atom. The molecule has 1 amide bonds. The number of phenols is 1. The fourth-order valence-corrected chi connectivity index (χ4v) is 4.56. The first-order valence-corrected chi connectivity index (χ1v) is 10.1. The third kappa shape index (κ3) is 4.42. The third-order valence-corrected chi connectivity index (χ3v) is 6.27. The van der Waals surface area contributed by atoms with Gasteiger partial charge in [-0.1, -0.05) is 24.6 Å². The molecule has 138 valence electrons. The molecule has 1 aliphatic heterocycles. The maximum Gasteiger partial charge on any atom is 0.243 e. The van der Waals surface area contributed by atoms with Crippen LogP contribution in [0.3, 0.4) is 0 Å². The van der Waals surface area contributed by atoms with E-state index in [1.54, 1.807) is 30.3 Å². The summed E-state index contributed by atoms with van der Waals surface area (Å²) in [6.07, 6.45) is 2.95. The number of amides is 1. The third-order valence-electron chi connectivity index (χ3n) is 4.37. The lowest BCUT2D eigenvalue weighted by molar-refractivity contribution is -0.115. The summed E-state index contributed by atoms with van der Waals surface area (Å²) in [6.45, 7) is 1.08. The monoisotopic (exact) mass is 374 g/mol. The molecule has 1 saturated heterocycles. The van der Waals surface area contributed by atoms with Crippen LogP contribution in [-0.4, -0.2) is 36.8 Å². The van der Waals surface area contributed by atoms with Crippen molar-refractivity contribution in [2.45, 2.75) is 30.6 Å². The summed E-state index contributed by atoms with van der Waals surface area (Å²) in [5.41, 5.74) is 1.21. The lowest BCUT2D eigenvalue weighted by atomic mass is 10.1. The van der Waals surface area contributed by atoms with Crippen LogP contribution in [0.1, 0.15) is 24.8 Å². The van der Waals surface area contributed by atoms with Crippen LogP contribution < -0.4 is 5.32 Å². The Labute approximate surface area is 153 Å². The van der Waals surface area contributed by atoms with Crippen molar-refractivity contribution in [3.05, 3.63) is 54.1 Å². The van der Waals surface area contributed by atoms with Crippen molar-refractivity contribution in [2.75, 3.05) is 18.4 Å². The van der Waals surface area contributed by atoms with E-state index in [9.17, 15) is 18.3 Å². The Kier molecular flexibility index (Phi) is 5.58. The average Bonchev–Trinajstić information content (AvgIpc) is 2.64. The molecule has 2 aromatic rings. The molecule has 6 nitrogen and oxygen atoms in total. The van der Waals surface area contributed by atoms with Crippen LogP contribution in [0.2, 0.25) is 0 Å². The molecule has 0 spiro atoms. The molecule has 1 heterocycles. The van der Waals surface area contributed by atoms with Gasteiger partial charge >= 0.3 is 0 Å². The number of carbonyl (C=O) groups excluding carboxylic acids is 1. The van der Waals surface area contributed by atoms with Crippen molar-refractivity contribution in [3.63, 3.8) is 0 Å². The second kappa shape index (κ2) is 7.88. The van der Waals surface area contributed by atoms with Gasteiger partial charge < -0.3 is 10.4 Å². The van der Waals surface area contributed by atoms with E-state index < -0.39 is 10.0 Å². The molecule has 0 unspecified atom stereocenters. The molecule has 0 bridgehead atoms.